The van der Waals surface area contributed by atoms with Crippen molar-refractivity contribution in [2.24, 2.45) is 0 Å². The molecule has 0 aliphatic heterocycles. The van der Waals surface area contributed by atoms with E-state index < -0.39 is 36.2 Å². The molecule has 0 fully saturated rings. The lowest BCUT2D eigenvalue weighted by Crippen LogP contribution is -2.44. The molecule has 20 heavy (non-hydrogen) atoms. The van der Waals surface area contributed by atoms with E-state index in [2.05, 4.69) is 12.5 Å². The minimum atomic E-state index is -1.05. The highest BCUT2D eigenvalue weighted by atomic mass is 16.6. The van der Waals surface area contributed by atoms with Crippen LogP contribution in [0.25, 0.3) is 0 Å². The topological polar surface area (TPSA) is 78.9 Å². The number of ether oxygens (including phenoxy) is 3. The first-order valence-corrected chi connectivity index (χ1v) is 5.89. The van der Waals surface area contributed by atoms with Crippen molar-refractivity contribution in [1.29, 1.82) is 0 Å². The van der Waals surface area contributed by atoms with E-state index in [1.165, 1.54) is 26.8 Å². The maximum absolute atomic E-state index is 11.2. The predicted molar refractivity (Wildman–Crippen MR) is 70.3 cm³/mol. The number of rotatable bonds is 7. The molecule has 0 radical (unpaired) electrons. The maximum atomic E-state index is 11.2. The Morgan fingerprint density at radius 2 is 1.60 bits per heavy atom. The highest BCUT2D eigenvalue weighted by molar-refractivity contribution is 5.68. The number of carbonyl (C=O) groups is 3. The van der Waals surface area contributed by atoms with E-state index in [0.29, 0.717) is 0 Å². The Bertz CT molecular complexity index is 420. The van der Waals surface area contributed by atoms with Crippen LogP contribution in [0.1, 0.15) is 27.2 Å². The first-order chi connectivity index (χ1) is 9.31. The Kier molecular flexibility index (Phi) is 7.75. The zero-order chi connectivity index (χ0) is 15.7. The molecule has 6 heteroatoms. The van der Waals surface area contributed by atoms with Gasteiger partial charge >= 0.3 is 17.9 Å². The highest BCUT2D eigenvalue weighted by Crippen LogP contribution is 2.17. The Morgan fingerprint density at radius 1 is 1.10 bits per heavy atom. The molecule has 0 aliphatic carbocycles. The fraction of sp³-hybridized carbons (Fsp3) is 0.500. The van der Waals surface area contributed by atoms with Crippen molar-refractivity contribution in [3.05, 3.63) is 12.7 Å². The second kappa shape index (κ2) is 8.75. The van der Waals surface area contributed by atoms with Crippen LogP contribution in [0, 0.1) is 12.3 Å². The Balaban J connectivity index is 5.28. The van der Waals surface area contributed by atoms with Crippen molar-refractivity contribution in [3.8, 4) is 12.3 Å². The van der Waals surface area contributed by atoms with Gasteiger partial charge in [0, 0.05) is 27.2 Å². The molecule has 3 atom stereocenters. The summed E-state index contributed by atoms with van der Waals surface area (Å²) in [4.78, 5) is 33.3. The second-order valence-electron chi connectivity index (χ2n) is 3.94. The molecule has 0 unspecified atom stereocenters. The van der Waals surface area contributed by atoms with Crippen LogP contribution in [-0.4, -0.2) is 36.2 Å². The number of hydrogen-bond acceptors (Lipinski definition) is 6. The summed E-state index contributed by atoms with van der Waals surface area (Å²) in [5, 5.41) is 0. The van der Waals surface area contributed by atoms with Gasteiger partial charge in [0.05, 0.1) is 0 Å². The summed E-state index contributed by atoms with van der Waals surface area (Å²) in [7, 11) is 0. The molecule has 0 amide bonds. The van der Waals surface area contributed by atoms with Crippen LogP contribution in [0.5, 0.6) is 0 Å². The minimum absolute atomic E-state index is 0.00311. The highest BCUT2D eigenvalue weighted by Gasteiger charge is 2.34. The first kappa shape index (κ1) is 17.7. The average molecular weight is 282 g/mol. The van der Waals surface area contributed by atoms with Crippen molar-refractivity contribution in [2.45, 2.75) is 45.5 Å². The van der Waals surface area contributed by atoms with Gasteiger partial charge in [0.15, 0.2) is 18.3 Å². The van der Waals surface area contributed by atoms with Gasteiger partial charge < -0.3 is 14.2 Å². The molecule has 0 aromatic carbocycles. The molecule has 0 aromatic heterocycles. The molecule has 0 N–H and O–H groups in total. The van der Waals surface area contributed by atoms with E-state index in [9.17, 15) is 14.4 Å². The molecular weight excluding hydrogens is 264 g/mol. The van der Waals surface area contributed by atoms with E-state index in [1.54, 1.807) is 0 Å². The zero-order valence-electron chi connectivity index (χ0n) is 11.8. The molecule has 0 aliphatic rings. The quantitative estimate of drug-likeness (QED) is 0.300. The molecule has 0 rings (SSSR count). The van der Waals surface area contributed by atoms with Gasteiger partial charge in [-0.15, -0.1) is 12.3 Å². The molecule has 0 saturated heterocycles. The van der Waals surface area contributed by atoms with Crippen LogP contribution in [0.2, 0.25) is 0 Å². The predicted octanol–water partition coefficient (Wildman–Crippen LogP) is 0.991. The molecule has 0 saturated carbocycles. The third kappa shape index (κ3) is 6.59. The fourth-order valence-electron chi connectivity index (χ4n) is 1.54. The van der Waals surface area contributed by atoms with E-state index in [-0.39, 0.29) is 6.42 Å². The number of esters is 3. The Morgan fingerprint density at radius 3 is 1.95 bits per heavy atom. The molecule has 0 heterocycles. The lowest BCUT2D eigenvalue weighted by molar-refractivity contribution is -0.178. The normalized spacial score (nSPS) is 14.1. The third-order valence-electron chi connectivity index (χ3n) is 2.16. The molecule has 0 spiro atoms. The van der Waals surface area contributed by atoms with Gasteiger partial charge in [-0.2, -0.15) is 0 Å². The van der Waals surface area contributed by atoms with Gasteiger partial charge in [0.2, 0.25) is 0 Å². The zero-order valence-corrected chi connectivity index (χ0v) is 11.8. The van der Waals surface area contributed by atoms with Gasteiger partial charge in [-0.1, -0.05) is 6.58 Å². The second-order valence-corrected chi connectivity index (χ2v) is 3.94. The number of carbonyl (C=O) groups excluding carboxylic acids is 3. The van der Waals surface area contributed by atoms with Crippen LogP contribution in [0.15, 0.2) is 12.7 Å². The van der Waals surface area contributed by atoms with Crippen molar-refractivity contribution in [2.75, 3.05) is 0 Å². The lowest BCUT2D eigenvalue weighted by Gasteiger charge is -2.29. The summed E-state index contributed by atoms with van der Waals surface area (Å²) in [6.07, 6.45) is 3.55. The average Bonchev–Trinajstić information content (AvgIpc) is 2.31. The fourth-order valence-corrected chi connectivity index (χ4v) is 1.54. The van der Waals surface area contributed by atoms with Crippen LogP contribution < -0.4 is 0 Å². The Labute approximate surface area is 118 Å². The summed E-state index contributed by atoms with van der Waals surface area (Å²) in [5.41, 5.74) is 0. The summed E-state index contributed by atoms with van der Waals surface area (Å²) in [6, 6.07) is 0. The molecular formula is C14H18O6. The van der Waals surface area contributed by atoms with Crippen molar-refractivity contribution in [3.63, 3.8) is 0 Å². The molecule has 110 valence electrons. The largest absolute Gasteiger partial charge is 0.457 e. The molecule has 0 aromatic rings. The summed E-state index contributed by atoms with van der Waals surface area (Å²) in [5.74, 6) is 0.515. The minimum Gasteiger partial charge on any atom is -0.457 e. The third-order valence-corrected chi connectivity index (χ3v) is 2.16. The standard InChI is InChI=1S/C14H18O6/c1-6-8-13(19-10(4)16)14(20-11(5)17)12(7-2)18-9(3)15/h1,7,12-14H,2,8H2,3-5H3/t12-,13-,14+/m1/s1. The summed E-state index contributed by atoms with van der Waals surface area (Å²) in [6.45, 7) is 7.08. The van der Waals surface area contributed by atoms with E-state index in [0.717, 1.165) is 0 Å². The van der Waals surface area contributed by atoms with Crippen molar-refractivity contribution < 1.29 is 28.6 Å². The van der Waals surface area contributed by atoms with Crippen LogP contribution in [-0.2, 0) is 28.6 Å². The van der Waals surface area contributed by atoms with Gasteiger partial charge in [0.1, 0.15) is 0 Å². The summed E-state index contributed by atoms with van der Waals surface area (Å²) >= 11 is 0. The molecule has 6 nitrogen and oxygen atoms in total. The maximum Gasteiger partial charge on any atom is 0.303 e. The number of terminal acetylenes is 1. The monoisotopic (exact) mass is 282 g/mol. The van der Waals surface area contributed by atoms with Crippen LogP contribution in [0.3, 0.4) is 0 Å². The van der Waals surface area contributed by atoms with Gasteiger partial charge in [0.25, 0.3) is 0 Å². The molecule has 0 bridgehead atoms. The van der Waals surface area contributed by atoms with Crippen LogP contribution >= 0.6 is 0 Å². The van der Waals surface area contributed by atoms with Gasteiger partial charge in [-0.25, -0.2) is 0 Å². The van der Waals surface area contributed by atoms with Gasteiger partial charge in [-0.05, 0) is 6.08 Å². The summed E-state index contributed by atoms with van der Waals surface area (Å²) < 4.78 is 15.1. The number of hydrogen-bond donors (Lipinski definition) is 0. The van der Waals surface area contributed by atoms with E-state index in [4.69, 9.17) is 20.6 Å². The smallest absolute Gasteiger partial charge is 0.303 e. The van der Waals surface area contributed by atoms with Crippen LogP contribution in [0.4, 0.5) is 0 Å². The Hall–Kier alpha value is -2.29. The van der Waals surface area contributed by atoms with E-state index in [1.807, 2.05) is 0 Å². The van der Waals surface area contributed by atoms with Crippen molar-refractivity contribution >= 4 is 17.9 Å². The lowest BCUT2D eigenvalue weighted by atomic mass is 10.0. The van der Waals surface area contributed by atoms with Gasteiger partial charge in [-0.3, -0.25) is 14.4 Å². The first-order valence-electron chi connectivity index (χ1n) is 5.89. The van der Waals surface area contributed by atoms with E-state index >= 15 is 0 Å². The van der Waals surface area contributed by atoms with Crippen molar-refractivity contribution in [1.82, 2.24) is 0 Å². The SMILES string of the molecule is C#CC[C@@H](OC(C)=O)[C@@H](OC(C)=O)[C@@H](C=C)OC(C)=O.